The smallest absolute Gasteiger partial charge is 0.434 e. The maximum atomic E-state index is 11.1. The van der Waals surface area contributed by atoms with Crippen LogP contribution in [0.15, 0.2) is 35.3 Å². The first kappa shape index (κ1) is 24.7. The van der Waals surface area contributed by atoms with E-state index < -0.39 is 24.3 Å². The van der Waals surface area contributed by atoms with Crippen LogP contribution in [0.2, 0.25) is 0 Å². The number of carbonyl (C=O) groups is 3. The van der Waals surface area contributed by atoms with E-state index in [2.05, 4.69) is 10.3 Å². The van der Waals surface area contributed by atoms with Gasteiger partial charge in [-0.3, -0.25) is 9.59 Å². The summed E-state index contributed by atoms with van der Waals surface area (Å²) in [6, 6.07) is 10.7. The second-order valence-electron chi connectivity index (χ2n) is 8.17. The summed E-state index contributed by atoms with van der Waals surface area (Å²) >= 11 is 0. The zero-order valence-corrected chi connectivity index (χ0v) is 18.1. The Labute approximate surface area is 184 Å². The molecule has 0 saturated heterocycles. The molecule has 0 bridgehead atoms. The number of benzene rings is 1. The molecule has 0 heterocycles. The third-order valence-electron chi connectivity index (χ3n) is 5.53. The molecule has 1 aromatic carbocycles. The standard InChI is InChI=1S/C12H11NO5.C12H23N/c14-10(6-11(15)16)7-13-12(17)18-8-9-4-2-1-3-5-9;1-3-7-11(8-4-1)13-12-9-5-2-6-10-12/h1-5,7H,6,8H2,(H,15,16);11-13H,1-10H2. The predicted molar refractivity (Wildman–Crippen MR) is 119 cm³/mol. The van der Waals surface area contributed by atoms with Gasteiger partial charge in [0.25, 0.3) is 0 Å². The first-order valence-corrected chi connectivity index (χ1v) is 11.3. The molecular formula is C24H34N2O5. The number of aliphatic carboxylic acids is 1. The fraction of sp³-hybridized carbons (Fsp3) is 0.583. The number of nitrogens with one attached hydrogen (secondary N) is 1. The van der Waals surface area contributed by atoms with Crippen LogP contribution in [0.1, 0.15) is 76.2 Å². The Bertz CT molecular complexity index is 692. The third-order valence-corrected chi connectivity index (χ3v) is 5.53. The summed E-state index contributed by atoms with van der Waals surface area (Å²) < 4.78 is 4.75. The molecule has 0 radical (unpaired) electrons. The fourth-order valence-electron chi connectivity index (χ4n) is 3.95. The second kappa shape index (κ2) is 14.5. The van der Waals surface area contributed by atoms with Crippen molar-refractivity contribution in [1.82, 2.24) is 5.32 Å². The molecular weight excluding hydrogens is 396 g/mol. The molecule has 0 aromatic heterocycles. The number of hydrogen-bond acceptors (Lipinski definition) is 5. The second-order valence-corrected chi connectivity index (χ2v) is 8.17. The summed E-state index contributed by atoms with van der Waals surface area (Å²) in [6.45, 7) is 0.0458. The van der Waals surface area contributed by atoms with Gasteiger partial charge in [-0.2, -0.15) is 4.99 Å². The molecule has 3 rings (SSSR count). The van der Waals surface area contributed by atoms with Gasteiger partial charge in [0.15, 0.2) is 5.78 Å². The van der Waals surface area contributed by atoms with E-state index in [9.17, 15) is 14.4 Å². The molecule has 0 atom stereocenters. The molecule has 2 fully saturated rings. The number of carbonyl (C=O) groups excluding carboxylic acids is 2. The summed E-state index contributed by atoms with van der Waals surface area (Å²) in [6.07, 6.45) is 13.6. The van der Waals surface area contributed by atoms with E-state index in [1.165, 1.54) is 64.2 Å². The molecule has 2 N–H and O–H groups in total. The number of ketones is 1. The lowest BCUT2D eigenvalue weighted by Gasteiger charge is -2.30. The van der Waals surface area contributed by atoms with Crippen LogP contribution in [0.5, 0.6) is 0 Å². The number of carboxylic acids is 1. The molecule has 2 aliphatic rings. The Morgan fingerprint density at radius 1 is 0.935 bits per heavy atom. The third kappa shape index (κ3) is 11.4. The van der Waals surface area contributed by atoms with Crippen molar-refractivity contribution in [1.29, 1.82) is 0 Å². The van der Waals surface area contributed by atoms with Crippen LogP contribution in [0, 0.1) is 0 Å². The summed E-state index contributed by atoms with van der Waals surface area (Å²) in [4.78, 5) is 35.3. The Morgan fingerprint density at radius 2 is 1.48 bits per heavy atom. The topological polar surface area (TPSA) is 105 Å². The highest BCUT2D eigenvalue weighted by Crippen LogP contribution is 2.22. The van der Waals surface area contributed by atoms with Gasteiger partial charge < -0.3 is 15.2 Å². The van der Waals surface area contributed by atoms with E-state index >= 15 is 0 Å². The van der Waals surface area contributed by atoms with Gasteiger partial charge >= 0.3 is 12.1 Å². The molecule has 170 valence electrons. The number of ether oxygens (including phenoxy) is 1. The van der Waals surface area contributed by atoms with Crippen molar-refractivity contribution in [3.8, 4) is 0 Å². The average Bonchev–Trinajstić information content (AvgIpc) is 2.78. The van der Waals surface area contributed by atoms with Crippen molar-refractivity contribution < 1.29 is 24.2 Å². The van der Waals surface area contributed by atoms with Crippen LogP contribution in [-0.4, -0.2) is 41.3 Å². The first-order valence-electron chi connectivity index (χ1n) is 11.3. The maximum Gasteiger partial charge on any atom is 0.434 e. The molecule has 1 aromatic rings. The molecule has 0 spiro atoms. The van der Waals surface area contributed by atoms with E-state index in [-0.39, 0.29) is 6.61 Å². The lowest BCUT2D eigenvalue weighted by Crippen LogP contribution is -2.40. The minimum Gasteiger partial charge on any atom is -0.481 e. The average molecular weight is 431 g/mol. The number of hydrogen-bond donors (Lipinski definition) is 2. The molecule has 2 aliphatic carbocycles. The first-order chi connectivity index (χ1) is 15.0. The van der Waals surface area contributed by atoms with Crippen LogP contribution in [-0.2, 0) is 20.9 Å². The van der Waals surface area contributed by atoms with Crippen molar-refractivity contribution in [3.63, 3.8) is 0 Å². The predicted octanol–water partition coefficient (Wildman–Crippen LogP) is 4.68. The van der Waals surface area contributed by atoms with E-state index in [1.54, 1.807) is 24.3 Å². The van der Waals surface area contributed by atoms with Crippen LogP contribution in [0.3, 0.4) is 0 Å². The van der Waals surface area contributed by atoms with Gasteiger partial charge in [0, 0.05) is 12.1 Å². The molecule has 1 amide bonds. The summed E-state index contributed by atoms with van der Waals surface area (Å²) in [5.74, 6) is -2.04. The minimum atomic E-state index is -1.27. The Hall–Kier alpha value is -2.54. The van der Waals surface area contributed by atoms with Gasteiger partial charge in [-0.05, 0) is 31.2 Å². The van der Waals surface area contributed by atoms with Gasteiger partial charge in [-0.15, -0.1) is 0 Å². The van der Waals surface area contributed by atoms with Gasteiger partial charge in [-0.1, -0.05) is 68.9 Å². The van der Waals surface area contributed by atoms with Gasteiger partial charge in [0.05, 0.1) is 6.21 Å². The lowest BCUT2D eigenvalue weighted by atomic mass is 9.91. The molecule has 7 heteroatoms. The highest BCUT2D eigenvalue weighted by Gasteiger charge is 2.19. The molecule has 0 aliphatic heterocycles. The molecule has 31 heavy (non-hydrogen) atoms. The number of nitrogens with zero attached hydrogens (tertiary/aromatic N) is 1. The van der Waals surface area contributed by atoms with E-state index in [4.69, 9.17) is 9.84 Å². The van der Waals surface area contributed by atoms with Gasteiger partial charge in [0.2, 0.25) is 0 Å². The van der Waals surface area contributed by atoms with E-state index in [0.29, 0.717) is 6.21 Å². The largest absolute Gasteiger partial charge is 0.481 e. The maximum absolute atomic E-state index is 11.1. The highest BCUT2D eigenvalue weighted by molar-refractivity contribution is 6.32. The van der Waals surface area contributed by atoms with E-state index in [1.807, 2.05) is 6.07 Å². The Kier molecular flexibility index (Phi) is 11.5. The minimum absolute atomic E-state index is 0.0458. The van der Waals surface area contributed by atoms with Crippen molar-refractivity contribution in [2.45, 2.75) is 89.3 Å². The quantitative estimate of drug-likeness (QED) is 0.481. The zero-order valence-electron chi connectivity index (χ0n) is 18.1. The van der Waals surface area contributed by atoms with Crippen molar-refractivity contribution in [2.75, 3.05) is 0 Å². The van der Waals surface area contributed by atoms with Crippen molar-refractivity contribution >= 4 is 24.1 Å². The number of amides is 1. The lowest BCUT2D eigenvalue weighted by molar-refractivity contribution is -0.138. The van der Waals surface area contributed by atoms with Crippen LogP contribution in [0.25, 0.3) is 0 Å². The fourth-order valence-corrected chi connectivity index (χ4v) is 3.95. The normalized spacial score (nSPS) is 17.5. The Balaban J connectivity index is 0.000000231. The van der Waals surface area contributed by atoms with Crippen LogP contribution in [0.4, 0.5) is 4.79 Å². The number of rotatable bonds is 7. The molecule has 0 unspecified atom stereocenters. The molecule has 2 saturated carbocycles. The number of aliphatic imine (C=N–C) groups is 1. The highest BCUT2D eigenvalue weighted by atomic mass is 16.5. The number of carboxylic acid groups (broad SMARTS) is 1. The van der Waals surface area contributed by atoms with Crippen molar-refractivity contribution in [3.05, 3.63) is 35.9 Å². The van der Waals surface area contributed by atoms with Crippen LogP contribution >= 0.6 is 0 Å². The summed E-state index contributed by atoms with van der Waals surface area (Å²) in [5.41, 5.74) is 0.790. The van der Waals surface area contributed by atoms with Crippen molar-refractivity contribution in [2.24, 2.45) is 4.99 Å². The van der Waals surface area contributed by atoms with Gasteiger partial charge in [0.1, 0.15) is 13.0 Å². The number of Topliss-reactive ketones (excluding diaryl/α,β-unsaturated/α-hetero) is 1. The van der Waals surface area contributed by atoms with Gasteiger partial charge in [-0.25, -0.2) is 4.79 Å². The van der Waals surface area contributed by atoms with Crippen LogP contribution < -0.4 is 5.32 Å². The molecule has 7 nitrogen and oxygen atoms in total. The monoisotopic (exact) mass is 430 g/mol. The zero-order chi connectivity index (χ0) is 22.3. The van der Waals surface area contributed by atoms with E-state index in [0.717, 1.165) is 17.6 Å². The summed E-state index contributed by atoms with van der Waals surface area (Å²) in [7, 11) is 0. The SMILES string of the molecule is C1CCC(NC2CCCCC2)CC1.O=C(O)CC(=O)C=NC(=O)OCc1ccccc1. The summed E-state index contributed by atoms with van der Waals surface area (Å²) in [5, 5.41) is 12.2. The Morgan fingerprint density at radius 3 is 2.00 bits per heavy atom.